The maximum atomic E-state index is 10.6. The van der Waals surface area contributed by atoms with Crippen LogP contribution in [0.5, 0.6) is 0 Å². The molecule has 0 radical (unpaired) electrons. The van der Waals surface area contributed by atoms with Crippen molar-refractivity contribution in [3.63, 3.8) is 0 Å². The van der Waals surface area contributed by atoms with Gasteiger partial charge in [-0.15, -0.1) is 0 Å². The summed E-state index contributed by atoms with van der Waals surface area (Å²) in [6, 6.07) is 3.77. The van der Waals surface area contributed by atoms with E-state index in [9.17, 15) is 4.79 Å². The number of carbonyl (C=O) groups is 1. The minimum Gasteiger partial charge on any atom is -0.345 e. The normalized spacial score (nSPS) is 10.2. The van der Waals surface area contributed by atoms with Gasteiger partial charge in [-0.1, -0.05) is 26.2 Å². The highest BCUT2D eigenvalue weighted by molar-refractivity contribution is 5.72. The van der Waals surface area contributed by atoms with Gasteiger partial charge in [-0.25, -0.2) is 0 Å². The topological polar surface area (TPSA) is 22.0 Å². The Morgan fingerprint density at radius 2 is 2.23 bits per heavy atom. The number of unbranched alkanes of at least 4 members (excludes halogenated alkanes) is 3. The van der Waals surface area contributed by atoms with E-state index in [1.165, 1.54) is 25.7 Å². The lowest BCUT2D eigenvalue weighted by Crippen LogP contribution is -2.00. The Labute approximate surface area is 79.6 Å². The number of aromatic nitrogens is 1. The first-order valence-corrected chi connectivity index (χ1v) is 4.98. The Hall–Kier alpha value is -1.05. The van der Waals surface area contributed by atoms with E-state index in [-0.39, 0.29) is 0 Å². The monoisotopic (exact) mass is 179 g/mol. The molecule has 1 heterocycles. The summed E-state index contributed by atoms with van der Waals surface area (Å²) in [6.45, 7) is 3.17. The summed E-state index contributed by atoms with van der Waals surface area (Å²) in [7, 11) is 0. The number of aldehydes is 1. The summed E-state index contributed by atoms with van der Waals surface area (Å²) < 4.78 is 2.02. The van der Waals surface area contributed by atoms with Gasteiger partial charge in [0.2, 0.25) is 0 Å². The van der Waals surface area contributed by atoms with Crippen LogP contribution in [0.4, 0.5) is 0 Å². The highest BCUT2D eigenvalue weighted by Crippen LogP contribution is 2.04. The molecule has 1 aromatic heterocycles. The van der Waals surface area contributed by atoms with Crippen molar-refractivity contribution in [2.45, 2.75) is 39.2 Å². The van der Waals surface area contributed by atoms with Crippen LogP contribution in [0, 0.1) is 0 Å². The van der Waals surface area contributed by atoms with Crippen molar-refractivity contribution in [3.8, 4) is 0 Å². The number of rotatable bonds is 6. The summed E-state index contributed by atoms with van der Waals surface area (Å²) in [5, 5.41) is 0. The van der Waals surface area contributed by atoms with Gasteiger partial charge in [0, 0.05) is 12.7 Å². The standard InChI is InChI=1S/C11H17NO/c1-2-3-4-5-8-12-9-6-7-11(12)10-13/h6-7,9-10H,2-5,8H2,1H3. The Morgan fingerprint density at radius 3 is 2.92 bits per heavy atom. The highest BCUT2D eigenvalue weighted by atomic mass is 16.1. The van der Waals surface area contributed by atoms with Crippen LogP contribution in [0.25, 0.3) is 0 Å². The van der Waals surface area contributed by atoms with Crippen molar-refractivity contribution >= 4 is 6.29 Å². The fraction of sp³-hybridized carbons (Fsp3) is 0.545. The summed E-state index contributed by atoms with van der Waals surface area (Å²) in [6.07, 6.45) is 7.86. The van der Waals surface area contributed by atoms with Crippen molar-refractivity contribution < 1.29 is 4.79 Å². The van der Waals surface area contributed by atoms with Crippen LogP contribution in [0.1, 0.15) is 43.1 Å². The van der Waals surface area contributed by atoms with Gasteiger partial charge in [-0.2, -0.15) is 0 Å². The first kappa shape index (κ1) is 10.0. The highest BCUT2D eigenvalue weighted by Gasteiger charge is 1.97. The predicted molar refractivity (Wildman–Crippen MR) is 54.0 cm³/mol. The van der Waals surface area contributed by atoms with Gasteiger partial charge in [-0.05, 0) is 18.6 Å². The zero-order valence-corrected chi connectivity index (χ0v) is 8.20. The second-order valence-electron chi connectivity index (χ2n) is 3.30. The van der Waals surface area contributed by atoms with Gasteiger partial charge >= 0.3 is 0 Å². The van der Waals surface area contributed by atoms with E-state index in [0.717, 1.165) is 18.5 Å². The fourth-order valence-electron chi connectivity index (χ4n) is 1.45. The minimum absolute atomic E-state index is 0.788. The molecule has 0 aliphatic heterocycles. The first-order chi connectivity index (χ1) is 6.38. The van der Waals surface area contributed by atoms with E-state index in [1.807, 2.05) is 22.9 Å². The van der Waals surface area contributed by atoms with E-state index >= 15 is 0 Å². The smallest absolute Gasteiger partial charge is 0.166 e. The Morgan fingerprint density at radius 1 is 1.38 bits per heavy atom. The number of carbonyl (C=O) groups excluding carboxylic acids is 1. The molecule has 0 saturated carbocycles. The molecule has 0 spiro atoms. The molecule has 0 aliphatic rings. The van der Waals surface area contributed by atoms with E-state index in [1.54, 1.807) is 0 Å². The molecule has 0 aliphatic carbocycles. The molecular weight excluding hydrogens is 162 g/mol. The molecular formula is C11H17NO. The van der Waals surface area contributed by atoms with Crippen LogP contribution in [0.2, 0.25) is 0 Å². The van der Waals surface area contributed by atoms with Crippen LogP contribution in [0.15, 0.2) is 18.3 Å². The lowest BCUT2D eigenvalue weighted by Gasteiger charge is -2.04. The van der Waals surface area contributed by atoms with Gasteiger partial charge in [0.1, 0.15) is 0 Å². The van der Waals surface area contributed by atoms with Crippen LogP contribution in [-0.2, 0) is 6.54 Å². The number of hydrogen-bond donors (Lipinski definition) is 0. The lowest BCUT2D eigenvalue weighted by atomic mass is 10.2. The van der Waals surface area contributed by atoms with Crippen molar-refractivity contribution in [1.29, 1.82) is 0 Å². The SMILES string of the molecule is CCCCCCn1cccc1C=O. The molecule has 0 atom stereocenters. The molecule has 2 nitrogen and oxygen atoms in total. The maximum absolute atomic E-state index is 10.6. The number of aryl methyl sites for hydroxylation is 1. The van der Waals surface area contributed by atoms with E-state index in [0.29, 0.717) is 0 Å². The van der Waals surface area contributed by atoms with E-state index < -0.39 is 0 Å². The van der Waals surface area contributed by atoms with Crippen molar-refractivity contribution in [2.75, 3.05) is 0 Å². The third kappa shape index (κ3) is 3.05. The quantitative estimate of drug-likeness (QED) is 0.486. The average molecular weight is 179 g/mol. The Bertz CT molecular complexity index is 252. The molecule has 0 unspecified atom stereocenters. The van der Waals surface area contributed by atoms with Crippen LogP contribution >= 0.6 is 0 Å². The molecule has 13 heavy (non-hydrogen) atoms. The first-order valence-electron chi connectivity index (χ1n) is 4.98. The minimum atomic E-state index is 0.788. The Kier molecular flexibility index (Phi) is 4.30. The molecule has 0 amide bonds. The molecule has 72 valence electrons. The predicted octanol–water partition coefficient (Wildman–Crippen LogP) is 2.88. The molecule has 2 heteroatoms. The van der Waals surface area contributed by atoms with Crippen LogP contribution < -0.4 is 0 Å². The van der Waals surface area contributed by atoms with Crippen molar-refractivity contribution in [2.24, 2.45) is 0 Å². The van der Waals surface area contributed by atoms with Crippen molar-refractivity contribution in [1.82, 2.24) is 4.57 Å². The lowest BCUT2D eigenvalue weighted by molar-refractivity contribution is 0.111. The van der Waals surface area contributed by atoms with Gasteiger partial charge in [0.05, 0.1) is 5.69 Å². The van der Waals surface area contributed by atoms with Crippen molar-refractivity contribution in [3.05, 3.63) is 24.0 Å². The third-order valence-electron chi connectivity index (χ3n) is 2.24. The summed E-state index contributed by atoms with van der Waals surface area (Å²) in [4.78, 5) is 10.6. The zero-order valence-electron chi connectivity index (χ0n) is 8.20. The largest absolute Gasteiger partial charge is 0.345 e. The maximum Gasteiger partial charge on any atom is 0.166 e. The summed E-state index contributed by atoms with van der Waals surface area (Å²) in [5.74, 6) is 0. The number of nitrogens with zero attached hydrogens (tertiary/aromatic N) is 1. The van der Waals surface area contributed by atoms with Gasteiger partial charge in [0.25, 0.3) is 0 Å². The van der Waals surface area contributed by atoms with Crippen LogP contribution in [-0.4, -0.2) is 10.9 Å². The molecule has 1 aromatic rings. The Balaban J connectivity index is 2.31. The zero-order chi connectivity index (χ0) is 9.52. The van der Waals surface area contributed by atoms with E-state index in [4.69, 9.17) is 0 Å². The average Bonchev–Trinajstić information content (AvgIpc) is 2.60. The van der Waals surface area contributed by atoms with Gasteiger partial charge < -0.3 is 4.57 Å². The number of hydrogen-bond acceptors (Lipinski definition) is 1. The van der Waals surface area contributed by atoms with Gasteiger partial charge in [0.15, 0.2) is 6.29 Å². The van der Waals surface area contributed by atoms with Gasteiger partial charge in [-0.3, -0.25) is 4.79 Å². The van der Waals surface area contributed by atoms with E-state index in [2.05, 4.69) is 6.92 Å². The third-order valence-corrected chi connectivity index (χ3v) is 2.24. The molecule has 0 bridgehead atoms. The summed E-state index contributed by atoms with van der Waals surface area (Å²) in [5.41, 5.74) is 0.788. The summed E-state index contributed by atoms with van der Waals surface area (Å²) >= 11 is 0. The molecule has 0 aromatic carbocycles. The molecule has 0 fully saturated rings. The molecule has 0 saturated heterocycles. The molecule has 1 rings (SSSR count). The fourth-order valence-corrected chi connectivity index (χ4v) is 1.45. The second-order valence-corrected chi connectivity index (χ2v) is 3.30. The second kappa shape index (κ2) is 5.57. The molecule has 0 N–H and O–H groups in total. The van der Waals surface area contributed by atoms with Crippen LogP contribution in [0.3, 0.4) is 0 Å².